The average molecular weight is 539 g/mol. The molecule has 1 fully saturated rings. The lowest BCUT2D eigenvalue weighted by atomic mass is 9.93. The van der Waals surface area contributed by atoms with Gasteiger partial charge in [-0.25, -0.2) is 4.39 Å². The van der Waals surface area contributed by atoms with Gasteiger partial charge in [-0.05, 0) is 71.8 Å². The summed E-state index contributed by atoms with van der Waals surface area (Å²) in [6.07, 6.45) is 2.18. The Morgan fingerprint density at radius 3 is 2.37 bits per heavy atom. The predicted molar refractivity (Wildman–Crippen MR) is 146 cm³/mol. The zero-order valence-electron chi connectivity index (χ0n) is 21.9. The smallest absolute Gasteiger partial charge is 0.238 e. The summed E-state index contributed by atoms with van der Waals surface area (Å²) in [6.45, 7) is 4.89. The minimum absolute atomic E-state index is 0.0667. The molecule has 0 bridgehead atoms. The molecule has 0 aliphatic carbocycles. The fourth-order valence-electron chi connectivity index (χ4n) is 5.53. The van der Waals surface area contributed by atoms with Crippen LogP contribution in [0.15, 0.2) is 48.5 Å². The minimum Gasteiger partial charge on any atom is -0.497 e. The van der Waals surface area contributed by atoms with E-state index in [1.807, 2.05) is 50.2 Å². The molecule has 0 radical (unpaired) electrons. The van der Waals surface area contributed by atoms with Gasteiger partial charge < -0.3 is 19.5 Å². The monoisotopic (exact) mass is 538 g/mol. The molecule has 0 unspecified atom stereocenters. The van der Waals surface area contributed by atoms with Gasteiger partial charge in [0.05, 0.1) is 13.7 Å². The summed E-state index contributed by atoms with van der Waals surface area (Å²) >= 11 is 6.31. The molecule has 0 spiro atoms. The number of methoxy groups -OCH3 is 1. The molecule has 0 aromatic heterocycles. The second-order valence-corrected chi connectivity index (χ2v) is 10.2. The second kappa shape index (κ2) is 11.2. The van der Waals surface area contributed by atoms with E-state index < -0.39 is 0 Å². The highest BCUT2D eigenvalue weighted by Gasteiger charge is 2.37. The van der Waals surface area contributed by atoms with Crippen LogP contribution in [0.4, 0.5) is 10.1 Å². The molecule has 6 nitrogen and oxygen atoms in total. The van der Waals surface area contributed by atoms with E-state index >= 15 is 4.39 Å². The molecule has 0 saturated carbocycles. The van der Waals surface area contributed by atoms with Crippen LogP contribution in [-0.4, -0.2) is 37.8 Å². The van der Waals surface area contributed by atoms with Crippen LogP contribution in [-0.2, 0) is 17.6 Å². The van der Waals surface area contributed by atoms with Gasteiger partial charge in [0.25, 0.3) is 0 Å². The molecule has 1 amide bonds. The number of likely N-dealkylation sites (tertiary alicyclic amines) is 1. The third kappa shape index (κ3) is 5.31. The number of aryl methyl sites for hydroxylation is 2. The van der Waals surface area contributed by atoms with Crippen molar-refractivity contribution >= 4 is 23.2 Å². The maximum atomic E-state index is 15.1. The maximum absolute atomic E-state index is 15.1. The molecule has 38 heavy (non-hydrogen) atoms. The summed E-state index contributed by atoms with van der Waals surface area (Å²) in [5.74, 6) is 1.20. The van der Waals surface area contributed by atoms with Crippen LogP contribution in [0, 0.1) is 5.82 Å². The van der Waals surface area contributed by atoms with Crippen molar-refractivity contribution in [2.45, 2.75) is 45.1 Å². The number of carbonyl (C=O) groups is 1. The number of benzene rings is 3. The highest BCUT2D eigenvalue weighted by Crippen LogP contribution is 2.44. The van der Waals surface area contributed by atoms with Crippen molar-refractivity contribution < 1.29 is 23.4 Å². The van der Waals surface area contributed by atoms with E-state index in [1.165, 1.54) is 6.07 Å². The molecule has 2 atom stereocenters. The third-order valence-corrected chi connectivity index (χ3v) is 7.69. The van der Waals surface area contributed by atoms with E-state index in [0.717, 1.165) is 41.0 Å². The van der Waals surface area contributed by atoms with Crippen LogP contribution in [0.5, 0.6) is 17.2 Å². The van der Waals surface area contributed by atoms with Crippen molar-refractivity contribution in [2.24, 2.45) is 0 Å². The number of hydrogen-bond donors (Lipinski definition) is 1. The number of nitrogens with one attached hydrogen (secondary N) is 1. The van der Waals surface area contributed by atoms with Crippen molar-refractivity contribution in [3.63, 3.8) is 0 Å². The zero-order valence-corrected chi connectivity index (χ0v) is 22.6. The largest absolute Gasteiger partial charge is 0.497 e. The molecule has 1 saturated heterocycles. The lowest BCUT2D eigenvalue weighted by Crippen LogP contribution is -2.33. The van der Waals surface area contributed by atoms with Crippen LogP contribution >= 0.6 is 11.6 Å². The fourth-order valence-corrected chi connectivity index (χ4v) is 5.79. The lowest BCUT2D eigenvalue weighted by molar-refractivity contribution is -0.117. The Bertz CT molecular complexity index is 1310. The second-order valence-electron chi connectivity index (χ2n) is 9.73. The van der Waals surface area contributed by atoms with E-state index in [4.69, 9.17) is 25.8 Å². The number of anilines is 1. The number of nitrogens with zero attached hydrogens (tertiary/aromatic N) is 1. The average Bonchev–Trinajstić information content (AvgIpc) is 3.55. The molecule has 2 aliphatic rings. The summed E-state index contributed by atoms with van der Waals surface area (Å²) in [7, 11) is 1.63. The molecule has 1 N–H and O–H groups in total. The van der Waals surface area contributed by atoms with Gasteiger partial charge in [-0.15, -0.1) is 0 Å². The van der Waals surface area contributed by atoms with Gasteiger partial charge in [-0.3, -0.25) is 9.69 Å². The molecule has 8 heteroatoms. The summed E-state index contributed by atoms with van der Waals surface area (Å²) in [6, 6.07) is 14.7. The number of fused-ring (bicyclic) bond motifs is 1. The first-order chi connectivity index (χ1) is 18.4. The molecule has 3 aromatic carbocycles. The van der Waals surface area contributed by atoms with Crippen molar-refractivity contribution in [2.75, 3.05) is 32.3 Å². The first-order valence-corrected chi connectivity index (χ1v) is 13.4. The van der Waals surface area contributed by atoms with Gasteiger partial charge >= 0.3 is 0 Å². The van der Waals surface area contributed by atoms with Gasteiger partial charge in [0, 0.05) is 35.3 Å². The molecule has 2 heterocycles. The number of carbonyl (C=O) groups excluding carboxylic acids is 1. The zero-order chi connectivity index (χ0) is 26.8. The van der Waals surface area contributed by atoms with Crippen molar-refractivity contribution in [3.8, 4) is 17.2 Å². The molecule has 200 valence electrons. The normalized spacial score (nSPS) is 18.6. The molecule has 5 rings (SSSR count). The van der Waals surface area contributed by atoms with E-state index in [1.54, 1.807) is 13.2 Å². The van der Waals surface area contributed by atoms with Gasteiger partial charge in [-0.2, -0.15) is 0 Å². The first-order valence-electron chi connectivity index (χ1n) is 13.0. The standard InChI is InChI=1S/C30H32ClFN2O4/c1-4-18-10-22(31)11-19(5-2)30(18)33-29(35)16-34-15-21(12-26(34)20-6-8-23(36-3)9-7-20)24-13-27-28(14-25(24)32)38-17-37-27/h6-11,13-14,21,26H,4-5,12,15-17H2,1-3H3,(H,33,35)/t21-,26-/m1/s1. The van der Waals surface area contributed by atoms with Gasteiger partial charge in [0.1, 0.15) is 11.6 Å². The number of hydrogen-bond acceptors (Lipinski definition) is 5. The molecule has 2 aliphatic heterocycles. The summed E-state index contributed by atoms with van der Waals surface area (Å²) in [5, 5.41) is 3.83. The van der Waals surface area contributed by atoms with Crippen LogP contribution in [0.25, 0.3) is 0 Å². The van der Waals surface area contributed by atoms with Crippen LogP contribution in [0.3, 0.4) is 0 Å². The SMILES string of the molecule is CCc1cc(Cl)cc(CC)c1NC(=O)CN1C[C@H](c2cc3c(cc2F)OCO3)C[C@@H]1c1ccc(OC)cc1. The van der Waals surface area contributed by atoms with E-state index in [9.17, 15) is 4.79 Å². The number of rotatable bonds is 8. The van der Waals surface area contributed by atoms with Crippen molar-refractivity contribution in [1.29, 1.82) is 0 Å². The number of ether oxygens (including phenoxy) is 3. The van der Waals surface area contributed by atoms with Crippen LogP contribution in [0.2, 0.25) is 5.02 Å². The van der Waals surface area contributed by atoms with Gasteiger partial charge in [0.2, 0.25) is 12.7 Å². The Morgan fingerprint density at radius 1 is 1.08 bits per heavy atom. The molecular weight excluding hydrogens is 507 g/mol. The highest BCUT2D eigenvalue weighted by molar-refractivity contribution is 6.30. The highest BCUT2D eigenvalue weighted by atomic mass is 35.5. The summed E-state index contributed by atoms with van der Waals surface area (Å²) < 4.78 is 31.3. The Hall–Kier alpha value is -3.29. The predicted octanol–water partition coefficient (Wildman–Crippen LogP) is 6.51. The molecular formula is C30H32ClFN2O4. The maximum Gasteiger partial charge on any atom is 0.238 e. The van der Waals surface area contributed by atoms with E-state index in [2.05, 4.69) is 10.2 Å². The van der Waals surface area contributed by atoms with Crippen LogP contribution < -0.4 is 19.5 Å². The quantitative estimate of drug-likeness (QED) is 0.354. The lowest BCUT2D eigenvalue weighted by Gasteiger charge is -2.25. The Labute approximate surface area is 227 Å². The topological polar surface area (TPSA) is 60.0 Å². The Balaban J connectivity index is 1.41. The van der Waals surface area contributed by atoms with E-state index in [-0.39, 0.29) is 37.0 Å². The van der Waals surface area contributed by atoms with Gasteiger partial charge in [0.15, 0.2) is 11.5 Å². The third-order valence-electron chi connectivity index (χ3n) is 7.48. The van der Waals surface area contributed by atoms with Crippen LogP contribution in [0.1, 0.15) is 54.5 Å². The minimum atomic E-state index is -0.319. The van der Waals surface area contributed by atoms with Gasteiger partial charge in [-0.1, -0.05) is 37.6 Å². The first kappa shape index (κ1) is 26.3. The van der Waals surface area contributed by atoms with E-state index in [0.29, 0.717) is 35.1 Å². The van der Waals surface area contributed by atoms with Crippen molar-refractivity contribution in [1.82, 2.24) is 4.90 Å². The summed E-state index contributed by atoms with van der Waals surface area (Å²) in [5.41, 5.74) is 4.49. The molecule has 3 aromatic rings. The Kier molecular flexibility index (Phi) is 7.77. The number of amides is 1. The van der Waals surface area contributed by atoms with Crippen molar-refractivity contribution in [3.05, 3.63) is 81.6 Å². The Morgan fingerprint density at radius 2 is 1.74 bits per heavy atom. The fraction of sp³-hybridized carbons (Fsp3) is 0.367. The summed E-state index contributed by atoms with van der Waals surface area (Å²) in [4.78, 5) is 15.5. The number of halogens is 2.